The summed E-state index contributed by atoms with van der Waals surface area (Å²) >= 11 is 0. The Morgan fingerprint density at radius 1 is 1.19 bits per heavy atom. The number of para-hydroxylation sites is 1. The number of nitrogens with zero attached hydrogens (tertiary/aromatic N) is 4. The van der Waals surface area contributed by atoms with Gasteiger partial charge in [-0.3, -0.25) is 0 Å². The van der Waals surface area contributed by atoms with Crippen LogP contribution in [0.1, 0.15) is 31.9 Å². The molecule has 0 spiro atoms. The summed E-state index contributed by atoms with van der Waals surface area (Å²) in [4.78, 5) is 7.39. The number of aryl methyl sites for hydroxylation is 1. The van der Waals surface area contributed by atoms with Crippen molar-refractivity contribution in [1.29, 1.82) is 0 Å². The lowest BCUT2D eigenvalue weighted by molar-refractivity contribution is 0.482. The summed E-state index contributed by atoms with van der Waals surface area (Å²) < 4.78 is 1.96. The monoisotopic (exact) mass is 280 g/mol. The van der Waals surface area contributed by atoms with E-state index in [2.05, 4.69) is 47.3 Å². The first-order valence-corrected chi connectivity index (χ1v) is 7.76. The van der Waals surface area contributed by atoms with E-state index in [-0.39, 0.29) is 0 Å². The van der Waals surface area contributed by atoms with Gasteiger partial charge in [0.25, 0.3) is 0 Å². The molecule has 1 saturated heterocycles. The number of piperidine rings is 1. The highest BCUT2D eigenvalue weighted by molar-refractivity contribution is 5.91. The highest BCUT2D eigenvalue weighted by atomic mass is 15.3. The van der Waals surface area contributed by atoms with Crippen LogP contribution in [0.5, 0.6) is 0 Å². The molecular weight excluding hydrogens is 260 g/mol. The van der Waals surface area contributed by atoms with Crippen molar-refractivity contribution in [1.82, 2.24) is 14.6 Å². The van der Waals surface area contributed by atoms with Crippen molar-refractivity contribution in [2.24, 2.45) is 0 Å². The number of aromatic nitrogens is 3. The van der Waals surface area contributed by atoms with E-state index in [1.54, 1.807) is 0 Å². The third-order valence-electron chi connectivity index (χ3n) is 4.48. The number of anilines is 1. The maximum absolute atomic E-state index is 4.92. The van der Waals surface area contributed by atoms with E-state index in [9.17, 15) is 0 Å². The van der Waals surface area contributed by atoms with Crippen LogP contribution in [0.15, 0.2) is 30.3 Å². The molecule has 1 aromatic carbocycles. The SMILES string of the molecule is Cc1cc2nc(N3CCCCC3C)c3ccccc3n2n1. The normalized spacial score (nSPS) is 19.5. The van der Waals surface area contributed by atoms with Crippen molar-refractivity contribution < 1.29 is 0 Å². The summed E-state index contributed by atoms with van der Waals surface area (Å²) in [6.07, 6.45) is 3.83. The number of rotatable bonds is 1. The molecule has 3 heterocycles. The Hall–Kier alpha value is -2.10. The van der Waals surface area contributed by atoms with Gasteiger partial charge in [0.2, 0.25) is 0 Å². The second-order valence-corrected chi connectivity index (χ2v) is 6.05. The van der Waals surface area contributed by atoms with Gasteiger partial charge in [0.1, 0.15) is 5.82 Å². The molecule has 0 amide bonds. The Balaban J connectivity index is 2.01. The molecule has 0 saturated carbocycles. The first-order chi connectivity index (χ1) is 10.2. The lowest BCUT2D eigenvalue weighted by Crippen LogP contribution is -2.38. The van der Waals surface area contributed by atoms with E-state index in [1.807, 2.05) is 11.4 Å². The van der Waals surface area contributed by atoms with E-state index in [4.69, 9.17) is 4.98 Å². The van der Waals surface area contributed by atoms with E-state index >= 15 is 0 Å². The fraction of sp³-hybridized carbons (Fsp3) is 0.412. The van der Waals surface area contributed by atoms with Gasteiger partial charge < -0.3 is 4.90 Å². The Morgan fingerprint density at radius 2 is 2.05 bits per heavy atom. The zero-order valence-electron chi connectivity index (χ0n) is 12.6. The minimum atomic E-state index is 0.557. The summed E-state index contributed by atoms with van der Waals surface area (Å²) in [6, 6.07) is 11.1. The number of hydrogen-bond donors (Lipinski definition) is 0. The molecule has 2 aromatic heterocycles. The van der Waals surface area contributed by atoms with Gasteiger partial charge in [-0.2, -0.15) is 5.10 Å². The van der Waals surface area contributed by atoms with Crippen molar-refractivity contribution >= 4 is 22.4 Å². The predicted molar refractivity (Wildman–Crippen MR) is 85.9 cm³/mol. The van der Waals surface area contributed by atoms with Crippen molar-refractivity contribution in [3.8, 4) is 0 Å². The van der Waals surface area contributed by atoms with Gasteiger partial charge >= 0.3 is 0 Å². The molecule has 4 nitrogen and oxygen atoms in total. The minimum absolute atomic E-state index is 0.557. The summed E-state index contributed by atoms with van der Waals surface area (Å²) in [6.45, 7) is 5.43. The quantitative estimate of drug-likeness (QED) is 0.683. The van der Waals surface area contributed by atoms with Crippen LogP contribution in [0.25, 0.3) is 16.6 Å². The molecule has 3 aromatic rings. The van der Waals surface area contributed by atoms with Crippen LogP contribution < -0.4 is 4.90 Å². The van der Waals surface area contributed by atoms with Crippen LogP contribution >= 0.6 is 0 Å². The number of hydrogen-bond acceptors (Lipinski definition) is 3. The molecule has 0 radical (unpaired) electrons. The smallest absolute Gasteiger partial charge is 0.158 e. The summed E-state index contributed by atoms with van der Waals surface area (Å²) in [5, 5.41) is 5.78. The zero-order valence-corrected chi connectivity index (χ0v) is 12.6. The molecule has 1 unspecified atom stereocenters. The molecule has 4 rings (SSSR count). The third-order valence-corrected chi connectivity index (χ3v) is 4.48. The largest absolute Gasteiger partial charge is 0.353 e. The molecule has 108 valence electrons. The number of fused-ring (bicyclic) bond motifs is 3. The molecule has 0 bridgehead atoms. The Morgan fingerprint density at radius 3 is 2.90 bits per heavy atom. The van der Waals surface area contributed by atoms with Crippen molar-refractivity contribution in [3.63, 3.8) is 0 Å². The summed E-state index contributed by atoms with van der Waals surface area (Å²) in [7, 11) is 0. The average molecular weight is 280 g/mol. The van der Waals surface area contributed by atoms with Gasteiger partial charge in [-0.05, 0) is 45.2 Å². The highest BCUT2D eigenvalue weighted by Crippen LogP contribution is 2.30. The molecule has 1 atom stereocenters. The molecule has 1 aliphatic rings. The predicted octanol–water partition coefficient (Wildman–Crippen LogP) is 3.57. The van der Waals surface area contributed by atoms with Crippen LogP contribution in [-0.2, 0) is 0 Å². The van der Waals surface area contributed by atoms with E-state index in [1.165, 1.54) is 24.6 Å². The van der Waals surface area contributed by atoms with Crippen molar-refractivity contribution in [3.05, 3.63) is 36.0 Å². The van der Waals surface area contributed by atoms with Crippen LogP contribution in [0.2, 0.25) is 0 Å². The van der Waals surface area contributed by atoms with E-state index < -0.39 is 0 Å². The van der Waals surface area contributed by atoms with Gasteiger partial charge in [-0.25, -0.2) is 9.50 Å². The Labute approximate surface area is 124 Å². The lowest BCUT2D eigenvalue weighted by Gasteiger charge is -2.35. The molecule has 1 fully saturated rings. The summed E-state index contributed by atoms with van der Waals surface area (Å²) in [5.74, 6) is 1.12. The van der Waals surface area contributed by atoms with Gasteiger partial charge in [-0.1, -0.05) is 12.1 Å². The van der Waals surface area contributed by atoms with Crippen molar-refractivity contribution in [2.75, 3.05) is 11.4 Å². The van der Waals surface area contributed by atoms with Gasteiger partial charge in [-0.15, -0.1) is 0 Å². The molecule has 21 heavy (non-hydrogen) atoms. The summed E-state index contributed by atoms with van der Waals surface area (Å²) in [5.41, 5.74) is 3.10. The van der Waals surface area contributed by atoms with Gasteiger partial charge in [0, 0.05) is 24.0 Å². The van der Waals surface area contributed by atoms with E-state index in [0.29, 0.717) is 6.04 Å². The van der Waals surface area contributed by atoms with Crippen LogP contribution in [-0.4, -0.2) is 27.2 Å². The second kappa shape index (κ2) is 4.72. The highest BCUT2D eigenvalue weighted by Gasteiger charge is 2.22. The Kier molecular flexibility index (Phi) is 2.84. The topological polar surface area (TPSA) is 33.4 Å². The Bertz CT molecular complexity index is 805. The standard InChI is InChI=1S/C17H20N4/c1-12-11-16-18-17(20-10-6-5-7-13(20)2)14-8-3-4-9-15(14)21(16)19-12/h3-4,8-9,11,13H,5-7,10H2,1-2H3. The zero-order chi connectivity index (χ0) is 14.4. The molecule has 1 aliphatic heterocycles. The molecular formula is C17H20N4. The fourth-order valence-electron chi connectivity index (χ4n) is 3.39. The maximum atomic E-state index is 4.92. The first kappa shape index (κ1) is 12.6. The lowest BCUT2D eigenvalue weighted by atomic mass is 10.0. The fourth-order valence-corrected chi connectivity index (χ4v) is 3.39. The minimum Gasteiger partial charge on any atom is -0.353 e. The van der Waals surface area contributed by atoms with Gasteiger partial charge in [0.15, 0.2) is 5.65 Å². The average Bonchev–Trinajstić information content (AvgIpc) is 2.88. The first-order valence-electron chi connectivity index (χ1n) is 7.76. The molecule has 4 heteroatoms. The second-order valence-electron chi connectivity index (χ2n) is 6.05. The third kappa shape index (κ3) is 1.97. The number of benzene rings is 1. The van der Waals surface area contributed by atoms with Crippen LogP contribution in [0.3, 0.4) is 0 Å². The van der Waals surface area contributed by atoms with E-state index in [0.717, 1.165) is 29.2 Å². The molecule has 0 aliphatic carbocycles. The van der Waals surface area contributed by atoms with Gasteiger partial charge in [0.05, 0.1) is 11.2 Å². The maximum Gasteiger partial charge on any atom is 0.158 e. The molecule has 0 N–H and O–H groups in total. The van der Waals surface area contributed by atoms with Crippen molar-refractivity contribution in [2.45, 2.75) is 39.2 Å². The van der Waals surface area contributed by atoms with Crippen LogP contribution in [0, 0.1) is 6.92 Å². The van der Waals surface area contributed by atoms with Crippen LogP contribution in [0.4, 0.5) is 5.82 Å².